The van der Waals surface area contributed by atoms with Crippen molar-refractivity contribution in [3.05, 3.63) is 23.7 Å². The molecule has 1 aliphatic carbocycles. The number of rotatable bonds is 6. The summed E-state index contributed by atoms with van der Waals surface area (Å²) < 4.78 is 0. The molecule has 34 heavy (non-hydrogen) atoms. The molecule has 5 rings (SSSR count). The number of hydrogen-bond acceptors (Lipinski definition) is 7. The van der Waals surface area contributed by atoms with Crippen molar-refractivity contribution in [1.29, 1.82) is 0 Å². The highest BCUT2D eigenvalue weighted by molar-refractivity contribution is 5.79. The van der Waals surface area contributed by atoms with Gasteiger partial charge in [-0.1, -0.05) is 19.3 Å². The van der Waals surface area contributed by atoms with Crippen molar-refractivity contribution in [2.45, 2.75) is 51.9 Å². The van der Waals surface area contributed by atoms with E-state index in [0.29, 0.717) is 11.8 Å². The molecule has 4 heterocycles. The van der Waals surface area contributed by atoms with Gasteiger partial charge in [0.1, 0.15) is 17.5 Å². The van der Waals surface area contributed by atoms with E-state index in [0.717, 1.165) is 93.9 Å². The summed E-state index contributed by atoms with van der Waals surface area (Å²) in [5, 5.41) is 10.6. The first-order valence-electron chi connectivity index (χ1n) is 12.9. The van der Waals surface area contributed by atoms with Crippen LogP contribution in [0.5, 0.6) is 0 Å². The SMILES string of the molecule is Cc1cc(Nc2cc(N3CCN(C)CC3)nc(C[C@@H]3CCN(C(=O)C4CCCCC4)C3)n2)n[nH]1. The Bertz CT molecular complexity index is 977. The number of carbonyl (C=O) groups is 1. The smallest absolute Gasteiger partial charge is 0.225 e. The first kappa shape index (κ1) is 23.1. The van der Waals surface area contributed by atoms with E-state index in [4.69, 9.17) is 9.97 Å². The fourth-order valence-corrected chi connectivity index (χ4v) is 5.51. The van der Waals surface area contributed by atoms with Crippen LogP contribution in [0.4, 0.5) is 17.5 Å². The van der Waals surface area contributed by atoms with E-state index in [-0.39, 0.29) is 5.92 Å². The fraction of sp³-hybridized carbons (Fsp3) is 0.680. The third kappa shape index (κ3) is 5.51. The van der Waals surface area contributed by atoms with Gasteiger partial charge in [-0.25, -0.2) is 9.97 Å². The minimum atomic E-state index is 0.248. The van der Waals surface area contributed by atoms with E-state index in [9.17, 15) is 4.79 Å². The van der Waals surface area contributed by atoms with E-state index in [1.165, 1.54) is 19.3 Å². The highest BCUT2D eigenvalue weighted by atomic mass is 16.2. The third-order valence-corrected chi connectivity index (χ3v) is 7.57. The Hall–Kier alpha value is -2.68. The van der Waals surface area contributed by atoms with Gasteiger partial charge < -0.3 is 20.0 Å². The van der Waals surface area contributed by atoms with Crippen molar-refractivity contribution in [3.63, 3.8) is 0 Å². The molecule has 2 N–H and O–H groups in total. The second-order valence-corrected chi connectivity index (χ2v) is 10.4. The van der Waals surface area contributed by atoms with Crippen LogP contribution in [0.3, 0.4) is 0 Å². The second-order valence-electron chi connectivity index (χ2n) is 10.4. The quantitative estimate of drug-likeness (QED) is 0.676. The summed E-state index contributed by atoms with van der Waals surface area (Å²) >= 11 is 0. The van der Waals surface area contributed by atoms with Crippen molar-refractivity contribution in [3.8, 4) is 0 Å². The summed E-state index contributed by atoms with van der Waals surface area (Å²) in [6.07, 6.45) is 7.64. The number of nitrogens with zero attached hydrogens (tertiary/aromatic N) is 6. The molecule has 0 bridgehead atoms. The monoisotopic (exact) mass is 466 g/mol. The van der Waals surface area contributed by atoms with Gasteiger partial charge in [-0.3, -0.25) is 9.89 Å². The zero-order valence-corrected chi connectivity index (χ0v) is 20.6. The van der Waals surface area contributed by atoms with Crippen LogP contribution in [0.2, 0.25) is 0 Å². The summed E-state index contributed by atoms with van der Waals surface area (Å²) in [7, 11) is 2.16. The van der Waals surface area contributed by atoms with Crippen molar-refractivity contribution in [2.75, 3.05) is 56.5 Å². The van der Waals surface area contributed by atoms with Crippen LogP contribution < -0.4 is 10.2 Å². The van der Waals surface area contributed by atoms with Crippen molar-refractivity contribution >= 4 is 23.4 Å². The lowest BCUT2D eigenvalue weighted by Crippen LogP contribution is -2.45. The molecule has 0 unspecified atom stereocenters. The average molecular weight is 467 g/mol. The summed E-state index contributed by atoms with van der Waals surface area (Å²) in [6, 6.07) is 4.01. The Labute approximate surface area is 202 Å². The predicted molar refractivity (Wildman–Crippen MR) is 133 cm³/mol. The van der Waals surface area contributed by atoms with Crippen LogP contribution in [0, 0.1) is 18.8 Å². The van der Waals surface area contributed by atoms with Gasteiger partial charge >= 0.3 is 0 Å². The number of nitrogens with one attached hydrogen (secondary N) is 2. The maximum absolute atomic E-state index is 13.0. The van der Waals surface area contributed by atoms with E-state index >= 15 is 0 Å². The summed E-state index contributed by atoms with van der Waals surface area (Å²) in [4.78, 5) is 29.6. The molecule has 9 heteroatoms. The normalized spacial score (nSPS) is 22.4. The van der Waals surface area contributed by atoms with Crippen LogP contribution in [0.15, 0.2) is 12.1 Å². The Morgan fingerprint density at radius 2 is 1.82 bits per heavy atom. The lowest BCUT2D eigenvalue weighted by Gasteiger charge is -2.33. The van der Waals surface area contributed by atoms with Gasteiger partial charge in [-0.2, -0.15) is 5.10 Å². The number of carbonyl (C=O) groups excluding carboxylic acids is 1. The van der Waals surface area contributed by atoms with Gasteiger partial charge in [-0.15, -0.1) is 0 Å². The molecule has 3 aliphatic rings. The Morgan fingerprint density at radius 3 is 2.56 bits per heavy atom. The lowest BCUT2D eigenvalue weighted by molar-refractivity contribution is -0.135. The number of anilines is 3. The van der Waals surface area contributed by atoms with Crippen molar-refractivity contribution in [1.82, 2.24) is 30.0 Å². The standard InChI is InChI=1S/C25H38N8O/c1-18-14-23(30-29-18)27-22-16-24(32-12-10-31(2)11-13-32)28-21(26-22)15-19-8-9-33(17-19)25(34)20-6-4-3-5-7-20/h14,16,19-20H,3-13,15,17H2,1-2H3,(H2,26,27,28,29,30)/t19-/m0/s1. The highest BCUT2D eigenvalue weighted by Gasteiger charge is 2.32. The number of aromatic nitrogens is 4. The molecule has 1 amide bonds. The number of amides is 1. The van der Waals surface area contributed by atoms with Gasteiger partial charge in [0.05, 0.1) is 0 Å². The minimum absolute atomic E-state index is 0.248. The van der Waals surface area contributed by atoms with Gasteiger partial charge in [0.15, 0.2) is 5.82 Å². The van der Waals surface area contributed by atoms with Gasteiger partial charge in [0, 0.05) is 69.4 Å². The fourth-order valence-electron chi connectivity index (χ4n) is 5.51. The number of aromatic amines is 1. The number of piperazine rings is 1. The molecule has 184 valence electrons. The van der Waals surface area contributed by atoms with Crippen LogP contribution >= 0.6 is 0 Å². The average Bonchev–Trinajstić information content (AvgIpc) is 3.48. The van der Waals surface area contributed by atoms with E-state index in [2.05, 4.69) is 37.3 Å². The maximum Gasteiger partial charge on any atom is 0.225 e. The zero-order chi connectivity index (χ0) is 23.5. The summed E-state index contributed by atoms with van der Waals surface area (Å²) in [5.74, 6) is 4.40. The summed E-state index contributed by atoms with van der Waals surface area (Å²) in [5.41, 5.74) is 1.00. The molecule has 0 radical (unpaired) electrons. The number of H-pyrrole nitrogens is 1. The zero-order valence-electron chi connectivity index (χ0n) is 20.6. The topological polar surface area (TPSA) is 93.3 Å². The Kier molecular flexibility index (Phi) is 6.99. The highest BCUT2D eigenvalue weighted by Crippen LogP contribution is 2.29. The Morgan fingerprint density at radius 1 is 1.03 bits per heavy atom. The van der Waals surface area contributed by atoms with Gasteiger partial charge in [-0.05, 0) is 39.2 Å². The van der Waals surface area contributed by atoms with Crippen molar-refractivity contribution in [2.24, 2.45) is 11.8 Å². The van der Waals surface area contributed by atoms with Crippen LogP contribution in [0.25, 0.3) is 0 Å². The molecule has 0 spiro atoms. The largest absolute Gasteiger partial charge is 0.354 e. The van der Waals surface area contributed by atoms with Crippen LogP contribution in [0.1, 0.15) is 50.0 Å². The predicted octanol–water partition coefficient (Wildman–Crippen LogP) is 2.97. The molecule has 2 aliphatic heterocycles. The Balaban J connectivity index is 1.29. The van der Waals surface area contributed by atoms with Crippen LogP contribution in [-0.2, 0) is 11.2 Å². The third-order valence-electron chi connectivity index (χ3n) is 7.57. The molecule has 2 aromatic rings. The molecule has 2 saturated heterocycles. The van der Waals surface area contributed by atoms with E-state index in [1.807, 2.05) is 19.1 Å². The van der Waals surface area contributed by atoms with E-state index in [1.54, 1.807) is 0 Å². The lowest BCUT2D eigenvalue weighted by atomic mass is 9.88. The van der Waals surface area contributed by atoms with Crippen LogP contribution in [-0.4, -0.2) is 82.2 Å². The molecule has 1 saturated carbocycles. The molecule has 0 aromatic carbocycles. The minimum Gasteiger partial charge on any atom is -0.354 e. The number of likely N-dealkylation sites (tertiary alicyclic amines) is 1. The number of hydrogen-bond donors (Lipinski definition) is 2. The number of likely N-dealkylation sites (N-methyl/N-ethyl adjacent to an activating group) is 1. The second kappa shape index (κ2) is 10.3. The molecule has 2 aromatic heterocycles. The molecule has 9 nitrogen and oxygen atoms in total. The molecule has 3 fully saturated rings. The number of aryl methyl sites for hydroxylation is 1. The van der Waals surface area contributed by atoms with Gasteiger partial charge in [0.25, 0.3) is 0 Å². The molecular weight excluding hydrogens is 428 g/mol. The maximum atomic E-state index is 13.0. The first-order valence-corrected chi connectivity index (χ1v) is 12.9. The summed E-state index contributed by atoms with van der Waals surface area (Å²) in [6.45, 7) is 7.67. The van der Waals surface area contributed by atoms with Crippen molar-refractivity contribution < 1.29 is 4.79 Å². The molecule has 1 atom stereocenters. The first-order chi connectivity index (χ1) is 16.5. The van der Waals surface area contributed by atoms with Gasteiger partial charge in [0.2, 0.25) is 5.91 Å². The molecular formula is C25H38N8O. The van der Waals surface area contributed by atoms with E-state index < -0.39 is 0 Å².